The molecule has 0 fully saturated rings. The predicted molar refractivity (Wildman–Crippen MR) is 88.3 cm³/mol. The van der Waals surface area contributed by atoms with E-state index in [0.29, 0.717) is 17.0 Å². The van der Waals surface area contributed by atoms with E-state index in [1.54, 1.807) is 0 Å². The van der Waals surface area contributed by atoms with Crippen LogP contribution in [0.2, 0.25) is 0 Å². The summed E-state index contributed by atoms with van der Waals surface area (Å²) in [6.45, 7) is 0.374. The van der Waals surface area contributed by atoms with Crippen molar-refractivity contribution in [2.45, 2.75) is 51.3 Å². The van der Waals surface area contributed by atoms with Gasteiger partial charge >= 0.3 is 18.3 Å². The molecule has 2 aromatic rings. The molecule has 1 aliphatic rings. The molecule has 1 amide bonds. The van der Waals surface area contributed by atoms with E-state index in [0.717, 1.165) is 4.90 Å². The summed E-state index contributed by atoms with van der Waals surface area (Å²) in [5.41, 5.74) is -4.81. The maximum absolute atomic E-state index is 13.6. The molecule has 0 saturated heterocycles. The van der Waals surface area contributed by atoms with Crippen molar-refractivity contribution in [2.75, 3.05) is 4.90 Å². The van der Waals surface area contributed by atoms with Crippen LogP contribution in [0.15, 0.2) is 17.2 Å². The molecular formula is C16H13F8N5O2. The number of halogens is 8. The number of rotatable bonds is 4. The molecule has 0 aliphatic carbocycles. The van der Waals surface area contributed by atoms with Gasteiger partial charge in [0.2, 0.25) is 11.9 Å². The van der Waals surface area contributed by atoms with E-state index < -0.39 is 71.6 Å². The summed E-state index contributed by atoms with van der Waals surface area (Å²) in [4.78, 5) is 29.2. The molecule has 0 unspecified atom stereocenters. The highest BCUT2D eigenvalue weighted by molar-refractivity contribution is 5.95. The number of carbonyl (C=O) groups is 1. The largest absolute Gasteiger partial charge is 0.455 e. The van der Waals surface area contributed by atoms with Crippen LogP contribution in [0, 0.1) is 0 Å². The minimum absolute atomic E-state index is 0.0753. The van der Waals surface area contributed by atoms with Crippen molar-refractivity contribution >= 4 is 11.9 Å². The number of anilines is 1. The molecule has 1 aliphatic heterocycles. The van der Waals surface area contributed by atoms with Crippen LogP contribution in [0.1, 0.15) is 19.5 Å². The zero-order valence-corrected chi connectivity index (χ0v) is 15.7. The van der Waals surface area contributed by atoms with Crippen molar-refractivity contribution in [3.05, 3.63) is 28.4 Å². The topological polar surface area (TPSA) is 73.0 Å². The molecule has 7 nitrogen and oxygen atoms in total. The number of hydrogen-bond acceptors (Lipinski definition) is 4. The highest BCUT2D eigenvalue weighted by Crippen LogP contribution is 2.38. The third kappa shape index (κ3) is 3.87. The van der Waals surface area contributed by atoms with Crippen molar-refractivity contribution in [3.8, 4) is 11.1 Å². The molecule has 0 atom stereocenters. The number of nitrogens with zero attached hydrogens (tertiary/aromatic N) is 5. The van der Waals surface area contributed by atoms with Crippen LogP contribution in [-0.2, 0) is 24.1 Å². The number of alkyl halides is 8. The van der Waals surface area contributed by atoms with E-state index in [1.165, 1.54) is 13.8 Å². The molecule has 0 bridgehead atoms. The quantitative estimate of drug-likeness (QED) is 0.659. The summed E-state index contributed by atoms with van der Waals surface area (Å²) in [5, 5.41) is 3.22. The molecule has 0 saturated carbocycles. The number of hydrogen-bond donors (Lipinski definition) is 0. The standard InChI is InChI=1S/C16H13F8N5O2/c1-7(2)29-9(30)5-28-12(31)10(11(15(19,20)21)26-13(28)29)8-3-25-27(4-8)6-14(17,18)16(22,23)24/h3-4,7H,5-6H2,1-2H3. The summed E-state index contributed by atoms with van der Waals surface area (Å²) in [7, 11) is 0. The summed E-state index contributed by atoms with van der Waals surface area (Å²) in [6.07, 6.45) is -10.1. The second kappa shape index (κ2) is 7.02. The van der Waals surface area contributed by atoms with Crippen LogP contribution in [-0.4, -0.2) is 43.4 Å². The van der Waals surface area contributed by atoms with Crippen molar-refractivity contribution in [3.63, 3.8) is 0 Å². The Labute approximate surface area is 167 Å². The number of fused-ring (bicyclic) bond motifs is 1. The second-order valence-corrected chi connectivity index (χ2v) is 7.01. The van der Waals surface area contributed by atoms with Crippen LogP contribution in [0.5, 0.6) is 0 Å². The number of aromatic nitrogens is 4. The first-order valence-electron chi connectivity index (χ1n) is 8.56. The van der Waals surface area contributed by atoms with Crippen molar-refractivity contribution in [1.29, 1.82) is 0 Å². The van der Waals surface area contributed by atoms with Gasteiger partial charge in [0.15, 0.2) is 5.69 Å². The molecule has 3 rings (SSSR count). The zero-order valence-electron chi connectivity index (χ0n) is 15.7. The fraction of sp³-hybridized carbons (Fsp3) is 0.500. The van der Waals surface area contributed by atoms with Crippen molar-refractivity contribution in [2.24, 2.45) is 0 Å². The SMILES string of the molecule is CC(C)N1C(=O)Cn2c1nc(C(F)(F)F)c(-c1cnn(CC(F)(F)C(F)(F)F)c1)c2=O. The molecule has 170 valence electrons. The Balaban J connectivity index is 2.16. The third-order valence-electron chi connectivity index (χ3n) is 4.41. The molecule has 3 heterocycles. The van der Waals surface area contributed by atoms with E-state index in [-0.39, 0.29) is 4.68 Å². The Kier molecular flexibility index (Phi) is 5.13. The van der Waals surface area contributed by atoms with Gasteiger partial charge in [-0.25, -0.2) is 4.98 Å². The van der Waals surface area contributed by atoms with Crippen molar-refractivity contribution < 1.29 is 39.9 Å². The molecule has 0 spiro atoms. The monoisotopic (exact) mass is 459 g/mol. The van der Waals surface area contributed by atoms with Gasteiger partial charge in [-0.2, -0.15) is 40.2 Å². The van der Waals surface area contributed by atoms with Crippen molar-refractivity contribution in [1.82, 2.24) is 19.3 Å². The lowest BCUT2D eigenvalue weighted by molar-refractivity contribution is -0.287. The van der Waals surface area contributed by atoms with E-state index in [2.05, 4.69) is 10.1 Å². The summed E-state index contributed by atoms with van der Waals surface area (Å²) < 4.78 is 105. The highest BCUT2D eigenvalue weighted by atomic mass is 19.4. The fourth-order valence-corrected chi connectivity index (χ4v) is 3.05. The maximum Gasteiger partial charge on any atom is 0.455 e. The minimum Gasteiger partial charge on any atom is -0.278 e. The summed E-state index contributed by atoms with van der Waals surface area (Å²) in [6, 6.07) is -0.618. The van der Waals surface area contributed by atoms with Crippen LogP contribution < -0.4 is 10.5 Å². The lowest BCUT2D eigenvalue weighted by atomic mass is 10.1. The van der Waals surface area contributed by atoms with Crippen LogP contribution >= 0.6 is 0 Å². The van der Waals surface area contributed by atoms with Crippen LogP contribution in [0.4, 0.5) is 41.1 Å². The van der Waals surface area contributed by atoms with E-state index >= 15 is 0 Å². The average molecular weight is 459 g/mol. The highest BCUT2D eigenvalue weighted by Gasteiger charge is 2.57. The van der Waals surface area contributed by atoms with Gasteiger partial charge < -0.3 is 0 Å². The maximum atomic E-state index is 13.6. The molecule has 0 aromatic carbocycles. The van der Waals surface area contributed by atoms with Gasteiger partial charge in [0.1, 0.15) is 13.1 Å². The first kappa shape index (κ1) is 22.7. The van der Waals surface area contributed by atoms with Crippen LogP contribution in [0.25, 0.3) is 11.1 Å². The fourth-order valence-electron chi connectivity index (χ4n) is 3.05. The molecule has 0 radical (unpaired) electrons. The lowest BCUT2D eigenvalue weighted by Gasteiger charge is -2.21. The Morgan fingerprint density at radius 1 is 1.06 bits per heavy atom. The Bertz CT molecular complexity index is 1080. The first-order chi connectivity index (χ1) is 14.0. The number of amides is 1. The zero-order chi connectivity index (χ0) is 23.5. The summed E-state index contributed by atoms with van der Waals surface area (Å²) in [5.74, 6) is -6.44. The molecule has 15 heteroatoms. The lowest BCUT2D eigenvalue weighted by Crippen LogP contribution is -2.40. The van der Waals surface area contributed by atoms with Crippen LogP contribution in [0.3, 0.4) is 0 Å². The smallest absolute Gasteiger partial charge is 0.278 e. The van der Waals surface area contributed by atoms with Gasteiger partial charge in [0, 0.05) is 17.8 Å². The van der Waals surface area contributed by atoms with Gasteiger partial charge in [-0.05, 0) is 13.8 Å². The van der Waals surface area contributed by atoms with E-state index in [4.69, 9.17) is 0 Å². The number of carbonyl (C=O) groups excluding carboxylic acids is 1. The molecular weight excluding hydrogens is 446 g/mol. The van der Waals surface area contributed by atoms with Gasteiger partial charge in [-0.3, -0.25) is 23.7 Å². The third-order valence-corrected chi connectivity index (χ3v) is 4.41. The Morgan fingerprint density at radius 3 is 2.19 bits per heavy atom. The van der Waals surface area contributed by atoms with Gasteiger partial charge in [0.25, 0.3) is 5.56 Å². The summed E-state index contributed by atoms with van der Waals surface area (Å²) >= 11 is 0. The van der Waals surface area contributed by atoms with Gasteiger partial charge in [-0.1, -0.05) is 0 Å². The van der Waals surface area contributed by atoms with E-state index in [9.17, 15) is 44.7 Å². The minimum atomic E-state index is -5.91. The second-order valence-electron chi connectivity index (χ2n) is 7.01. The molecule has 0 N–H and O–H groups in total. The predicted octanol–water partition coefficient (Wildman–Crippen LogP) is 3.08. The molecule has 2 aromatic heterocycles. The van der Waals surface area contributed by atoms with Gasteiger partial charge in [-0.15, -0.1) is 0 Å². The van der Waals surface area contributed by atoms with E-state index in [1.807, 2.05) is 0 Å². The molecule has 31 heavy (non-hydrogen) atoms. The Hall–Kier alpha value is -3.00. The van der Waals surface area contributed by atoms with Gasteiger partial charge in [0.05, 0.1) is 11.8 Å². The Morgan fingerprint density at radius 2 is 1.68 bits per heavy atom. The first-order valence-corrected chi connectivity index (χ1v) is 8.56. The average Bonchev–Trinajstić information content (AvgIpc) is 3.16. The normalized spacial score (nSPS) is 15.2.